The van der Waals surface area contributed by atoms with E-state index >= 15 is 0 Å². The lowest BCUT2D eigenvalue weighted by atomic mass is 9.84. The Morgan fingerprint density at radius 1 is 0.425 bits per heavy atom. The normalized spacial score (nSPS) is 12.0. The van der Waals surface area contributed by atoms with Gasteiger partial charge >= 0.3 is 0 Å². The van der Waals surface area contributed by atoms with Crippen molar-refractivity contribution < 1.29 is 4.42 Å². The van der Waals surface area contributed by atoms with E-state index in [-0.39, 0.29) is 0 Å². The number of hydrogen-bond acceptors (Lipinski definition) is 2. The van der Waals surface area contributed by atoms with Gasteiger partial charge in [0.1, 0.15) is 5.58 Å². The lowest BCUT2D eigenvalue weighted by Gasteiger charge is -2.19. The Morgan fingerprint density at radius 3 is 1.77 bits per heavy atom. The molecule has 2 heteroatoms. The van der Waals surface area contributed by atoms with Crippen LogP contribution in [0.1, 0.15) is 0 Å². The number of furan rings is 1. The molecular formula is C38H22OS. The maximum absolute atomic E-state index is 6.28. The first kappa shape index (κ1) is 22.0. The molecule has 0 radical (unpaired) electrons. The first-order valence-corrected chi connectivity index (χ1v) is 14.4. The molecule has 0 atom stereocenters. The van der Waals surface area contributed by atoms with Crippen molar-refractivity contribution in [3.8, 4) is 22.3 Å². The van der Waals surface area contributed by atoms with Crippen LogP contribution in [0.5, 0.6) is 0 Å². The SMILES string of the molecule is c1ccc2c(-c3c4ccccc4c(-c4c5occc5cc5c4sc4ccccc45)c4ccccc34)cccc2c1. The van der Waals surface area contributed by atoms with E-state index in [1.165, 1.54) is 74.7 Å². The number of fused-ring (bicyclic) bond motifs is 7. The fourth-order valence-electron chi connectivity index (χ4n) is 6.65. The molecule has 186 valence electrons. The van der Waals surface area contributed by atoms with Gasteiger partial charge in [-0.2, -0.15) is 0 Å². The third-order valence-corrected chi connectivity index (χ3v) is 9.53. The van der Waals surface area contributed by atoms with E-state index in [1.54, 1.807) is 0 Å². The summed E-state index contributed by atoms with van der Waals surface area (Å²) in [6.07, 6.45) is 1.83. The van der Waals surface area contributed by atoms with Gasteiger partial charge in [-0.3, -0.25) is 0 Å². The van der Waals surface area contributed by atoms with Crippen LogP contribution in [0.3, 0.4) is 0 Å². The molecule has 0 saturated heterocycles. The van der Waals surface area contributed by atoms with Crippen LogP contribution in [0, 0.1) is 0 Å². The second kappa shape index (κ2) is 8.29. The molecule has 0 unspecified atom stereocenters. The van der Waals surface area contributed by atoms with Crippen LogP contribution in [-0.2, 0) is 0 Å². The Hall–Kier alpha value is -4.92. The largest absolute Gasteiger partial charge is 0.464 e. The summed E-state index contributed by atoms with van der Waals surface area (Å²) < 4.78 is 8.86. The van der Waals surface area contributed by atoms with E-state index in [1.807, 2.05) is 17.6 Å². The maximum Gasteiger partial charge on any atom is 0.143 e. The summed E-state index contributed by atoms with van der Waals surface area (Å²) in [5.74, 6) is 0. The van der Waals surface area contributed by atoms with Crippen molar-refractivity contribution in [2.75, 3.05) is 0 Å². The summed E-state index contributed by atoms with van der Waals surface area (Å²) in [6.45, 7) is 0. The highest BCUT2D eigenvalue weighted by atomic mass is 32.1. The third kappa shape index (κ3) is 2.97. The van der Waals surface area contributed by atoms with Crippen LogP contribution in [0.4, 0.5) is 0 Å². The predicted octanol–water partition coefficient (Wildman–Crippen LogP) is 11.6. The minimum atomic E-state index is 0.951. The Bertz CT molecular complexity index is 2380. The van der Waals surface area contributed by atoms with Crippen LogP contribution in [-0.4, -0.2) is 0 Å². The number of rotatable bonds is 2. The van der Waals surface area contributed by atoms with Crippen LogP contribution >= 0.6 is 11.3 Å². The van der Waals surface area contributed by atoms with E-state index < -0.39 is 0 Å². The molecule has 0 fully saturated rings. The van der Waals surface area contributed by atoms with Gasteiger partial charge in [-0.05, 0) is 61.6 Å². The molecule has 2 heterocycles. The second-order valence-electron chi connectivity index (χ2n) is 10.4. The summed E-state index contributed by atoms with van der Waals surface area (Å²) in [4.78, 5) is 0. The van der Waals surface area contributed by atoms with Gasteiger partial charge in [-0.25, -0.2) is 0 Å². The highest BCUT2D eigenvalue weighted by Gasteiger charge is 2.23. The van der Waals surface area contributed by atoms with Crippen molar-refractivity contribution in [3.63, 3.8) is 0 Å². The van der Waals surface area contributed by atoms with Gasteiger partial charge < -0.3 is 4.42 Å². The molecular weight excluding hydrogens is 504 g/mol. The third-order valence-electron chi connectivity index (χ3n) is 8.32. The smallest absolute Gasteiger partial charge is 0.143 e. The minimum Gasteiger partial charge on any atom is -0.464 e. The Kier molecular flexibility index (Phi) is 4.55. The van der Waals surface area contributed by atoms with E-state index in [0.29, 0.717) is 0 Å². The molecule has 0 aliphatic rings. The molecule has 40 heavy (non-hydrogen) atoms. The molecule has 0 aliphatic carbocycles. The van der Waals surface area contributed by atoms with Gasteiger partial charge in [0, 0.05) is 36.7 Å². The molecule has 0 aliphatic heterocycles. The van der Waals surface area contributed by atoms with Crippen LogP contribution in [0.2, 0.25) is 0 Å². The molecule has 0 amide bonds. The Balaban J connectivity index is 1.52. The van der Waals surface area contributed by atoms with Crippen molar-refractivity contribution in [1.82, 2.24) is 0 Å². The Morgan fingerprint density at radius 2 is 1.02 bits per heavy atom. The quantitative estimate of drug-likeness (QED) is 0.204. The van der Waals surface area contributed by atoms with Crippen molar-refractivity contribution in [2.45, 2.75) is 0 Å². The van der Waals surface area contributed by atoms with Crippen molar-refractivity contribution in [2.24, 2.45) is 0 Å². The van der Waals surface area contributed by atoms with E-state index in [2.05, 4.69) is 127 Å². The first-order chi connectivity index (χ1) is 19.9. The lowest BCUT2D eigenvalue weighted by Crippen LogP contribution is -1.92. The van der Waals surface area contributed by atoms with Gasteiger partial charge in [-0.1, -0.05) is 109 Å². The first-order valence-electron chi connectivity index (χ1n) is 13.6. The molecule has 0 N–H and O–H groups in total. The van der Waals surface area contributed by atoms with Crippen LogP contribution < -0.4 is 0 Å². The Labute approximate surface area is 234 Å². The zero-order valence-electron chi connectivity index (χ0n) is 21.5. The number of thiophene rings is 1. The molecule has 9 rings (SSSR count). The predicted molar refractivity (Wildman–Crippen MR) is 172 cm³/mol. The highest BCUT2D eigenvalue weighted by Crippen LogP contribution is 2.51. The second-order valence-corrected chi connectivity index (χ2v) is 11.5. The molecule has 7 aromatic carbocycles. The molecule has 0 saturated carbocycles. The monoisotopic (exact) mass is 526 g/mol. The zero-order chi connectivity index (χ0) is 26.2. The van der Waals surface area contributed by atoms with Crippen molar-refractivity contribution in [3.05, 3.63) is 134 Å². The van der Waals surface area contributed by atoms with Gasteiger partial charge in [-0.15, -0.1) is 11.3 Å². The summed E-state index contributed by atoms with van der Waals surface area (Å²) in [6, 6.07) is 46.3. The molecule has 9 aromatic rings. The van der Waals surface area contributed by atoms with Gasteiger partial charge in [0.2, 0.25) is 0 Å². The van der Waals surface area contributed by atoms with Crippen LogP contribution in [0.25, 0.3) is 85.7 Å². The van der Waals surface area contributed by atoms with E-state index in [4.69, 9.17) is 4.42 Å². The molecule has 2 aromatic heterocycles. The standard InChI is InChI=1S/C38H22OS/c1-2-12-25-23(10-1)11-9-18-27(25)34-28-14-3-5-16-30(28)35(31-17-6-4-15-29(31)34)36-37-24(20-21-39-37)22-32-26-13-7-8-19-33(26)40-38(32)36/h1-22H. The van der Waals surface area contributed by atoms with E-state index in [0.717, 1.165) is 11.0 Å². The number of hydrogen-bond donors (Lipinski definition) is 0. The fourth-order valence-corrected chi connectivity index (χ4v) is 7.88. The summed E-state index contributed by atoms with van der Waals surface area (Å²) in [5.41, 5.74) is 5.93. The fraction of sp³-hybridized carbons (Fsp3) is 0. The molecule has 0 bridgehead atoms. The van der Waals surface area contributed by atoms with Crippen LogP contribution in [0.15, 0.2) is 138 Å². The average Bonchev–Trinajstić information content (AvgIpc) is 3.63. The summed E-state index contributed by atoms with van der Waals surface area (Å²) >= 11 is 1.86. The number of benzene rings is 7. The van der Waals surface area contributed by atoms with Gasteiger partial charge in [0.25, 0.3) is 0 Å². The van der Waals surface area contributed by atoms with Gasteiger partial charge in [0.05, 0.1) is 6.26 Å². The summed E-state index contributed by atoms with van der Waals surface area (Å²) in [5, 5.41) is 11.2. The summed E-state index contributed by atoms with van der Waals surface area (Å²) in [7, 11) is 0. The highest BCUT2D eigenvalue weighted by molar-refractivity contribution is 7.26. The van der Waals surface area contributed by atoms with Crippen molar-refractivity contribution >= 4 is 74.8 Å². The minimum absolute atomic E-state index is 0.951. The van der Waals surface area contributed by atoms with Gasteiger partial charge in [0.15, 0.2) is 0 Å². The maximum atomic E-state index is 6.28. The average molecular weight is 527 g/mol. The van der Waals surface area contributed by atoms with E-state index in [9.17, 15) is 0 Å². The molecule has 0 spiro atoms. The molecule has 1 nitrogen and oxygen atoms in total. The topological polar surface area (TPSA) is 13.1 Å². The van der Waals surface area contributed by atoms with Crippen molar-refractivity contribution in [1.29, 1.82) is 0 Å². The lowest BCUT2D eigenvalue weighted by molar-refractivity contribution is 0.617. The zero-order valence-corrected chi connectivity index (χ0v) is 22.3.